The van der Waals surface area contributed by atoms with E-state index in [1.807, 2.05) is 30.5 Å². The van der Waals surface area contributed by atoms with Crippen molar-refractivity contribution in [3.05, 3.63) is 53.1 Å². The molecule has 0 aliphatic rings. The first-order valence-corrected chi connectivity index (χ1v) is 7.21. The summed E-state index contributed by atoms with van der Waals surface area (Å²) in [4.78, 5) is 13.2. The molecule has 0 aliphatic heterocycles. The molecule has 3 nitrogen and oxygen atoms in total. The molecule has 2 aromatic rings. The number of hydrogen-bond acceptors (Lipinski definition) is 3. The molecule has 0 fully saturated rings. The molecule has 0 atom stereocenters. The molecule has 0 aliphatic carbocycles. The van der Waals surface area contributed by atoms with E-state index < -0.39 is 0 Å². The van der Waals surface area contributed by atoms with Crippen LogP contribution in [0, 0.1) is 0 Å². The predicted octanol–water partition coefficient (Wildman–Crippen LogP) is 3.90. The average Bonchev–Trinajstić information content (AvgIpc) is 2.39. The lowest BCUT2D eigenvalue weighted by atomic mass is 10.1. The maximum Gasteiger partial charge on any atom is 0.257 e. The summed E-state index contributed by atoms with van der Waals surface area (Å²) in [6.45, 7) is 0. The van der Waals surface area contributed by atoms with Crippen LogP contribution in [0.15, 0.2) is 47.4 Å². The minimum Gasteiger partial charge on any atom is -0.398 e. The third-order valence-corrected chi connectivity index (χ3v) is 3.64. The second-order valence-corrected chi connectivity index (χ2v) is 5.17. The van der Waals surface area contributed by atoms with E-state index in [0.29, 0.717) is 16.3 Å². The van der Waals surface area contributed by atoms with Gasteiger partial charge in [-0.3, -0.25) is 4.79 Å². The molecule has 19 heavy (non-hydrogen) atoms. The minimum absolute atomic E-state index is 0.240. The Morgan fingerprint density at radius 2 is 2.00 bits per heavy atom. The average molecular weight is 293 g/mol. The quantitative estimate of drug-likeness (QED) is 0.666. The van der Waals surface area contributed by atoms with Crippen molar-refractivity contribution in [2.45, 2.75) is 4.90 Å². The number of amides is 1. The standard InChI is InChI=1S/C14H13ClN2OS/c1-19-13-5-3-2-4-12(13)17-14(18)10-7-6-9(15)8-11(10)16/h2-8H,16H2,1H3,(H,17,18). The molecule has 98 valence electrons. The van der Waals surface area contributed by atoms with Crippen molar-refractivity contribution in [2.24, 2.45) is 0 Å². The lowest BCUT2D eigenvalue weighted by Gasteiger charge is -2.10. The van der Waals surface area contributed by atoms with Gasteiger partial charge in [-0.05, 0) is 36.6 Å². The zero-order valence-corrected chi connectivity index (χ0v) is 11.9. The molecule has 0 saturated carbocycles. The van der Waals surface area contributed by atoms with Crippen molar-refractivity contribution in [1.82, 2.24) is 0 Å². The van der Waals surface area contributed by atoms with Crippen LogP contribution in [0.2, 0.25) is 5.02 Å². The van der Waals surface area contributed by atoms with Gasteiger partial charge in [0.25, 0.3) is 5.91 Å². The number of hydrogen-bond donors (Lipinski definition) is 2. The van der Waals surface area contributed by atoms with Crippen molar-refractivity contribution in [1.29, 1.82) is 0 Å². The smallest absolute Gasteiger partial charge is 0.257 e. The fourth-order valence-electron chi connectivity index (χ4n) is 1.68. The maximum atomic E-state index is 12.2. The third-order valence-electron chi connectivity index (χ3n) is 2.61. The largest absolute Gasteiger partial charge is 0.398 e. The number of rotatable bonds is 3. The molecule has 2 aromatic carbocycles. The van der Waals surface area contributed by atoms with Crippen LogP contribution in [-0.4, -0.2) is 12.2 Å². The van der Waals surface area contributed by atoms with Crippen LogP contribution in [0.25, 0.3) is 0 Å². The summed E-state index contributed by atoms with van der Waals surface area (Å²) in [5.74, 6) is -0.240. The second kappa shape index (κ2) is 5.99. The van der Waals surface area contributed by atoms with Gasteiger partial charge in [-0.15, -0.1) is 11.8 Å². The molecule has 1 amide bonds. The van der Waals surface area contributed by atoms with Crippen molar-refractivity contribution in [2.75, 3.05) is 17.3 Å². The summed E-state index contributed by atoms with van der Waals surface area (Å²) >= 11 is 7.39. The minimum atomic E-state index is -0.240. The first-order valence-electron chi connectivity index (χ1n) is 5.61. The number of nitrogens with one attached hydrogen (secondary N) is 1. The molecule has 2 rings (SSSR count). The normalized spacial score (nSPS) is 10.2. The van der Waals surface area contributed by atoms with E-state index in [1.54, 1.807) is 30.0 Å². The van der Waals surface area contributed by atoms with Gasteiger partial charge in [-0.1, -0.05) is 23.7 Å². The van der Waals surface area contributed by atoms with Gasteiger partial charge in [0.15, 0.2) is 0 Å². The Morgan fingerprint density at radius 1 is 1.26 bits per heavy atom. The van der Waals surface area contributed by atoms with Crippen LogP contribution in [0.4, 0.5) is 11.4 Å². The number of halogens is 1. The third kappa shape index (κ3) is 3.22. The van der Waals surface area contributed by atoms with Gasteiger partial charge in [-0.25, -0.2) is 0 Å². The maximum absolute atomic E-state index is 12.2. The van der Waals surface area contributed by atoms with Gasteiger partial charge in [0.05, 0.1) is 11.3 Å². The van der Waals surface area contributed by atoms with Crippen molar-refractivity contribution in [3.8, 4) is 0 Å². The number of nitrogens with two attached hydrogens (primary N) is 1. The Morgan fingerprint density at radius 3 is 2.68 bits per heavy atom. The summed E-state index contributed by atoms with van der Waals surface area (Å²) in [5.41, 5.74) is 7.35. The van der Waals surface area contributed by atoms with Crippen LogP contribution in [-0.2, 0) is 0 Å². The van der Waals surface area contributed by atoms with E-state index in [4.69, 9.17) is 17.3 Å². The van der Waals surface area contributed by atoms with Crippen molar-refractivity contribution in [3.63, 3.8) is 0 Å². The highest BCUT2D eigenvalue weighted by Crippen LogP contribution is 2.26. The lowest BCUT2D eigenvalue weighted by Crippen LogP contribution is -2.14. The highest BCUT2D eigenvalue weighted by atomic mass is 35.5. The van der Waals surface area contributed by atoms with Gasteiger partial charge in [0.2, 0.25) is 0 Å². The number of para-hydroxylation sites is 1. The van der Waals surface area contributed by atoms with Gasteiger partial charge in [0.1, 0.15) is 0 Å². The molecular weight excluding hydrogens is 280 g/mol. The zero-order chi connectivity index (χ0) is 13.8. The van der Waals surface area contributed by atoms with Crippen LogP contribution >= 0.6 is 23.4 Å². The number of benzene rings is 2. The molecule has 5 heteroatoms. The topological polar surface area (TPSA) is 55.1 Å². The zero-order valence-electron chi connectivity index (χ0n) is 10.3. The van der Waals surface area contributed by atoms with E-state index in [0.717, 1.165) is 10.6 Å². The Kier molecular flexibility index (Phi) is 4.35. The van der Waals surface area contributed by atoms with E-state index in [-0.39, 0.29) is 5.91 Å². The van der Waals surface area contributed by atoms with Gasteiger partial charge in [-0.2, -0.15) is 0 Å². The molecule has 0 aromatic heterocycles. The Bertz CT molecular complexity index is 616. The Hall–Kier alpha value is -1.65. The number of carbonyl (C=O) groups is 1. The van der Waals surface area contributed by atoms with Gasteiger partial charge >= 0.3 is 0 Å². The van der Waals surface area contributed by atoms with E-state index >= 15 is 0 Å². The number of thioether (sulfide) groups is 1. The van der Waals surface area contributed by atoms with Crippen molar-refractivity contribution < 1.29 is 4.79 Å². The summed E-state index contributed by atoms with van der Waals surface area (Å²) in [6, 6.07) is 12.4. The first kappa shape index (κ1) is 13.8. The van der Waals surface area contributed by atoms with Gasteiger partial charge < -0.3 is 11.1 Å². The van der Waals surface area contributed by atoms with Crippen LogP contribution in [0.3, 0.4) is 0 Å². The molecule has 3 N–H and O–H groups in total. The SMILES string of the molecule is CSc1ccccc1NC(=O)c1ccc(Cl)cc1N. The van der Waals surface area contributed by atoms with E-state index in [9.17, 15) is 4.79 Å². The molecule has 0 spiro atoms. The lowest BCUT2D eigenvalue weighted by molar-refractivity contribution is 0.102. The van der Waals surface area contributed by atoms with E-state index in [1.165, 1.54) is 0 Å². The fourth-order valence-corrected chi connectivity index (χ4v) is 2.41. The van der Waals surface area contributed by atoms with Gasteiger partial charge in [0, 0.05) is 15.6 Å². The summed E-state index contributed by atoms with van der Waals surface area (Å²) in [5, 5.41) is 3.37. The Balaban J connectivity index is 2.26. The molecule has 0 unspecified atom stereocenters. The Labute approximate surface area is 121 Å². The number of nitrogen functional groups attached to an aromatic ring is 1. The summed E-state index contributed by atoms with van der Waals surface area (Å²) < 4.78 is 0. The molecule has 0 heterocycles. The fraction of sp³-hybridized carbons (Fsp3) is 0.0714. The molecular formula is C14H13ClN2OS. The number of anilines is 2. The van der Waals surface area contributed by atoms with Crippen LogP contribution in [0.5, 0.6) is 0 Å². The summed E-state index contributed by atoms with van der Waals surface area (Å²) in [6.07, 6.45) is 1.96. The van der Waals surface area contributed by atoms with E-state index in [2.05, 4.69) is 5.32 Å². The van der Waals surface area contributed by atoms with Crippen LogP contribution in [0.1, 0.15) is 10.4 Å². The predicted molar refractivity (Wildman–Crippen MR) is 82.0 cm³/mol. The molecule has 0 saturated heterocycles. The second-order valence-electron chi connectivity index (χ2n) is 3.89. The monoisotopic (exact) mass is 292 g/mol. The van der Waals surface area contributed by atoms with Crippen LogP contribution < -0.4 is 11.1 Å². The first-order chi connectivity index (χ1) is 9.11. The number of carbonyl (C=O) groups excluding carboxylic acids is 1. The molecule has 0 bridgehead atoms. The summed E-state index contributed by atoms with van der Waals surface area (Å²) in [7, 11) is 0. The molecule has 0 radical (unpaired) electrons. The highest BCUT2D eigenvalue weighted by molar-refractivity contribution is 7.98. The highest BCUT2D eigenvalue weighted by Gasteiger charge is 2.11. The van der Waals surface area contributed by atoms with Crippen molar-refractivity contribution >= 4 is 40.6 Å².